The van der Waals surface area contributed by atoms with Gasteiger partial charge in [-0.3, -0.25) is 4.99 Å². The summed E-state index contributed by atoms with van der Waals surface area (Å²) in [6, 6.07) is 3.91. The zero-order valence-electron chi connectivity index (χ0n) is 8.03. The Hall–Kier alpha value is -1.77. The fraction of sp³-hybridized carbons (Fsp3) is 0.182. The van der Waals surface area contributed by atoms with E-state index in [4.69, 9.17) is 4.74 Å². The number of ether oxygens (including phenoxy) is 1. The highest BCUT2D eigenvalue weighted by Gasteiger charge is 2.09. The van der Waals surface area contributed by atoms with Crippen LogP contribution in [0.2, 0.25) is 0 Å². The van der Waals surface area contributed by atoms with Gasteiger partial charge in [-0.2, -0.15) is 0 Å². The summed E-state index contributed by atoms with van der Waals surface area (Å²) < 4.78 is 5.55. The van der Waals surface area contributed by atoms with E-state index < -0.39 is 0 Å². The summed E-state index contributed by atoms with van der Waals surface area (Å²) in [4.78, 5) is 7.32. The first-order valence-electron chi connectivity index (χ1n) is 4.63. The summed E-state index contributed by atoms with van der Waals surface area (Å²) in [5.41, 5.74) is 1.83. The van der Waals surface area contributed by atoms with Gasteiger partial charge in [-0.15, -0.1) is 0 Å². The summed E-state index contributed by atoms with van der Waals surface area (Å²) in [6.45, 7) is 2.60. The highest BCUT2D eigenvalue weighted by atomic mass is 16.5. The molecule has 3 nitrogen and oxygen atoms in total. The van der Waals surface area contributed by atoms with Crippen LogP contribution in [0, 0.1) is 0 Å². The number of rotatable bonds is 3. The topological polar surface area (TPSA) is 37.4 Å². The molecule has 1 aromatic heterocycles. The Morgan fingerprint density at radius 3 is 3.07 bits per heavy atom. The van der Waals surface area contributed by atoms with Gasteiger partial charge in [0.15, 0.2) is 5.76 Å². The van der Waals surface area contributed by atoms with Crippen molar-refractivity contribution in [2.75, 3.05) is 6.61 Å². The minimum atomic E-state index is 0.640. The van der Waals surface area contributed by atoms with Crippen molar-refractivity contribution < 1.29 is 4.74 Å². The number of nitrogens with one attached hydrogen (secondary N) is 1. The minimum absolute atomic E-state index is 0.640. The number of hydrogen-bond donors (Lipinski definition) is 1. The van der Waals surface area contributed by atoms with Gasteiger partial charge in [0.05, 0.1) is 12.3 Å². The van der Waals surface area contributed by atoms with E-state index in [1.807, 2.05) is 37.4 Å². The van der Waals surface area contributed by atoms with Gasteiger partial charge in [0.2, 0.25) is 0 Å². The highest BCUT2D eigenvalue weighted by molar-refractivity contribution is 5.81. The molecule has 2 heterocycles. The van der Waals surface area contributed by atoms with E-state index >= 15 is 0 Å². The van der Waals surface area contributed by atoms with Gasteiger partial charge in [-0.05, 0) is 31.2 Å². The second-order valence-electron chi connectivity index (χ2n) is 2.87. The Kier molecular flexibility index (Phi) is 2.49. The Bertz CT molecular complexity index is 371. The first-order valence-corrected chi connectivity index (χ1v) is 4.63. The lowest BCUT2D eigenvalue weighted by Gasteiger charge is -2.07. The van der Waals surface area contributed by atoms with Crippen LogP contribution in [-0.2, 0) is 4.74 Å². The molecule has 2 rings (SSSR count). The summed E-state index contributed by atoms with van der Waals surface area (Å²) in [5.74, 6) is 0.808. The van der Waals surface area contributed by atoms with Crippen molar-refractivity contribution in [1.29, 1.82) is 0 Å². The lowest BCUT2D eigenvalue weighted by atomic mass is 10.3. The third-order valence-electron chi connectivity index (χ3n) is 1.92. The van der Waals surface area contributed by atoms with Crippen LogP contribution in [0.5, 0.6) is 0 Å². The second-order valence-corrected chi connectivity index (χ2v) is 2.87. The van der Waals surface area contributed by atoms with Gasteiger partial charge in [-0.1, -0.05) is 0 Å². The molecule has 0 spiro atoms. The predicted octanol–water partition coefficient (Wildman–Crippen LogP) is 2.36. The standard InChI is InChI=1S/C11H12N2O/c1-2-14-11(9-5-3-7-12-9)10-6-4-8-13-10/h3-8,12H,2H2,1H3/b11-10-. The molecule has 0 amide bonds. The number of H-pyrrole nitrogens is 1. The molecule has 0 fully saturated rings. The minimum Gasteiger partial charge on any atom is -0.489 e. The smallest absolute Gasteiger partial charge is 0.168 e. The predicted molar refractivity (Wildman–Crippen MR) is 57.0 cm³/mol. The molecule has 1 aromatic rings. The van der Waals surface area contributed by atoms with E-state index in [1.54, 1.807) is 6.21 Å². The molecule has 0 radical (unpaired) electrons. The van der Waals surface area contributed by atoms with Gasteiger partial charge < -0.3 is 9.72 Å². The van der Waals surface area contributed by atoms with Crippen LogP contribution in [0.3, 0.4) is 0 Å². The maximum absolute atomic E-state index is 5.55. The average Bonchev–Trinajstić information content (AvgIpc) is 2.87. The van der Waals surface area contributed by atoms with E-state index in [1.165, 1.54) is 0 Å². The SMILES string of the molecule is CCO/C(=C1/C=CC=N1)c1ccc[nH]1. The van der Waals surface area contributed by atoms with Crippen LogP contribution in [0.1, 0.15) is 12.6 Å². The summed E-state index contributed by atoms with van der Waals surface area (Å²) in [5, 5.41) is 0. The Labute approximate surface area is 82.8 Å². The zero-order valence-corrected chi connectivity index (χ0v) is 8.03. The second kappa shape index (κ2) is 3.96. The van der Waals surface area contributed by atoms with Crippen molar-refractivity contribution in [2.45, 2.75) is 6.92 Å². The van der Waals surface area contributed by atoms with Crippen LogP contribution in [0.15, 0.2) is 41.2 Å². The molecule has 72 valence electrons. The summed E-state index contributed by atoms with van der Waals surface area (Å²) in [7, 11) is 0. The van der Waals surface area contributed by atoms with Crippen molar-refractivity contribution in [2.24, 2.45) is 4.99 Å². The van der Waals surface area contributed by atoms with Crippen molar-refractivity contribution in [3.8, 4) is 0 Å². The van der Waals surface area contributed by atoms with Gasteiger partial charge in [0, 0.05) is 12.4 Å². The molecule has 0 saturated heterocycles. The fourth-order valence-electron chi connectivity index (χ4n) is 1.34. The Morgan fingerprint density at radius 1 is 1.57 bits per heavy atom. The molecule has 0 unspecified atom stereocenters. The molecular weight excluding hydrogens is 176 g/mol. The number of aliphatic imine (C=N–C) groups is 1. The van der Waals surface area contributed by atoms with Gasteiger partial charge in [0.25, 0.3) is 0 Å². The van der Waals surface area contributed by atoms with Crippen molar-refractivity contribution >= 4 is 12.0 Å². The molecule has 0 bridgehead atoms. The lowest BCUT2D eigenvalue weighted by Crippen LogP contribution is -1.94. The Balaban J connectivity index is 2.38. The molecule has 14 heavy (non-hydrogen) atoms. The molecule has 3 heteroatoms. The van der Waals surface area contributed by atoms with E-state index in [0.29, 0.717) is 6.61 Å². The van der Waals surface area contributed by atoms with Crippen molar-refractivity contribution in [3.63, 3.8) is 0 Å². The van der Waals surface area contributed by atoms with Crippen LogP contribution in [-0.4, -0.2) is 17.8 Å². The average molecular weight is 188 g/mol. The van der Waals surface area contributed by atoms with Crippen LogP contribution in [0.25, 0.3) is 5.76 Å². The molecule has 0 aromatic carbocycles. The molecule has 1 aliphatic rings. The molecule has 0 aliphatic carbocycles. The zero-order chi connectivity index (χ0) is 9.80. The van der Waals surface area contributed by atoms with Gasteiger partial charge >= 0.3 is 0 Å². The number of aromatic amines is 1. The number of hydrogen-bond acceptors (Lipinski definition) is 2. The maximum Gasteiger partial charge on any atom is 0.168 e. The van der Waals surface area contributed by atoms with E-state index in [2.05, 4.69) is 9.98 Å². The van der Waals surface area contributed by atoms with Crippen LogP contribution in [0.4, 0.5) is 0 Å². The van der Waals surface area contributed by atoms with Gasteiger partial charge in [-0.25, -0.2) is 0 Å². The number of allylic oxidation sites excluding steroid dienone is 2. The maximum atomic E-state index is 5.55. The normalized spacial score (nSPS) is 17.5. The van der Waals surface area contributed by atoms with Gasteiger partial charge in [0.1, 0.15) is 5.70 Å². The third kappa shape index (κ3) is 1.62. The number of nitrogens with zero attached hydrogens (tertiary/aromatic N) is 1. The van der Waals surface area contributed by atoms with Crippen molar-refractivity contribution in [1.82, 2.24) is 4.98 Å². The van der Waals surface area contributed by atoms with Crippen molar-refractivity contribution in [3.05, 3.63) is 41.9 Å². The van der Waals surface area contributed by atoms with Crippen LogP contribution < -0.4 is 0 Å². The highest BCUT2D eigenvalue weighted by Crippen LogP contribution is 2.21. The molecular formula is C11H12N2O. The van der Waals surface area contributed by atoms with E-state index in [-0.39, 0.29) is 0 Å². The number of aromatic nitrogens is 1. The van der Waals surface area contributed by atoms with Crippen LogP contribution >= 0.6 is 0 Å². The molecule has 1 N–H and O–H groups in total. The first kappa shape index (κ1) is 8.81. The monoisotopic (exact) mass is 188 g/mol. The third-order valence-corrected chi connectivity index (χ3v) is 1.92. The summed E-state index contributed by atoms with van der Waals surface area (Å²) >= 11 is 0. The largest absolute Gasteiger partial charge is 0.489 e. The van der Waals surface area contributed by atoms with E-state index in [0.717, 1.165) is 17.2 Å². The quantitative estimate of drug-likeness (QED) is 0.726. The lowest BCUT2D eigenvalue weighted by molar-refractivity contribution is 0.295. The fourth-order valence-corrected chi connectivity index (χ4v) is 1.34. The molecule has 1 aliphatic heterocycles. The molecule has 0 saturated carbocycles. The molecule has 0 atom stereocenters. The Morgan fingerprint density at radius 2 is 2.50 bits per heavy atom. The summed E-state index contributed by atoms with van der Waals surface area (Å²) in [6.07, 6.45) is 7.47. The van der Waals surface area contributed by atoms with E-state index in [9.17, 15) is 0 Å². The first-order chi connectivity index (χ1) is 6.92.